The van der Waals surface area contributed by atoms with Gasteiger partial charge in [-0.3, -0.25) is 9.59 Å². The summed E-state index contributed by atoms with van der Waals surface area (Å²) < 4.78 is 0. The molecule has 0 radical (unpaired) electrons. The van der Waals surface area contributed by atoms with Crippen molar-refractivity contribution >= 4 is 23.4 Å². The summed E-state index contributed by atoms with van der Waals surface area (Å²) in [5, 5.41) is 3.42. The predicted octanol–water partition coefficient (Wildman–Crippen LogP) is 3.73. The van der Waals surface area contributed by atoms with Crippen molar-refractivity contribution in [3.63, 3.8) is 0 Å². The minimum absolute atomic E-state index is 0.183. The zero-order valence-corrected chi connectivity index (χ0v) is 14.9. The molecule has 0 aliphatic rings. The van der Waals surface area contributed by atoms with Gasteiger partial charge in [-0.1, -0.05) is 60.1 Å². The third-order valence-corrected chi connectivity index (χ3v) is 4.02. The molecule has 1 atom stereocenters. The molecule has 130 valence electrons. The Morgan fingerprint density at radius 2 is 1.80 bits per heavy atom. The molecule has 2 amide bonds. The van der Waals surface area contributed by atoms with Crippen molar-refractivity contribution in [1.29, 1.82) is 0 Å². The molecule has 0 fully saturated rings. The molecular weight excluding hydrogens is 336 g/mol. The summed E-state index contributed by atoms with van der Waals surface area (Å²) in [5.74, 6) is -0.423. The molecule has 4 nitrogen and oxygen atoms in total. The summed E-state index contributed by atoms with van der Waals surface area (Å²) in [6.45, 7) is 5.73. The summed E-state index contributed by atoms with van der Waals surface area (Å²) in [5.41, 5.74) is 1.66. The Kier molecular flexibility index (Phi) is 6.78. The maximum atomic E-state index is 12.7. The molecule has 25 heavy (non-hydrogen) atoms. The Hall–Kier alpha value is -2.59. The van der Waals surface area contributed by atoms with Gasteiger partial charge in [0.25, 0.3) is 0 Å². The van der Waals surface area contributed by atoms with E-state index in [4.69, 9.17) is 11.6 Å². The van der Waals surface area contributed by atoms with E-state index >= 15 is 0 Å². The van der Waals surface area contributed by atoms with Crippen molar-refractivity contribution in [3.05, 3.63) is 83.4 Å². The van der Waals surface area contributed by atoms with Crippen molar-refractivity contribution in [2.75, 3.05) is 6.54 Å². The molecule has 0 spiro atoms. The van der Waals surface area contributed by atoms with Crippen LogP contribution in [0.1, 0.15) is 24.1 Å². The van der Waals surface area contributed by atoms with Gasteiger partial charge in [0.05, 0.1) is 0 Å². The van der Waals surface area contributed by atoms with E-state index in [0.29, 0.717) is 18.1 Å². The molecule has 0 aliphatic heterocycles. The molecule has 2 rings (SSSR count). The lowest BCUT2D eigenvalue weighted by atomic mass is 10.0. The lowest BCUT2D eigenvalue weighted by Gasteiger charge is -2.30. The van der Waals surface area contributed by atoms with Crippen molar-refractivity contribution < 1.29 is 9.59 Å². The van der Waals surface area contributed by atoms with Gasteiger partial charge in [0.1, 0.15) is 6.04 Å². The fourth-order valence-electron chi connectivity index (χ4n) is 2.55. The number of nitrogens with zero attached hydrogens (tertiary/aromatic N) is 1. The second-order valence-electron chi connectivity index (χ2n) is 5.62. The van der Waals surface area contributed by atoms with Crippen LogP contribution in [-0.4, -0.2) is 23.3 Å². The summed E-state index contributed by atoms with van der Waals surface area (Å²) in [7, 11) is 0. The number of amides is 2. The van der Waals surface area contributed by atoms with Crippen molar-refractivity contribution in [2.24, 2.45) is 0 Å². The Labute approximate surface area is 153 Å². The van der Waals surface area contributed by atoms with Gasteiger partial charge in [0.15, 0.2) is 0 Å². The molecule has 0 saturated heterocycles. The quantitative estimate of drug-likeness (QED) is 0.768. The third-order valence-electron chi connectivity index (χ3n) is 3.77. The molecule has 0 aromatic heterocycles. The number of rotatable bonds is 7. The van der Waals surface area contributed by atoms with Crippen LogP contribution in [-0.2, 0) is 16.1 Å². The maximum Gasteiger partial charge on any atom is 0.247 e. The number of nitrogens with one attached hydrogen (secondary N) is 1. The van der Waals surface area contributed by atoms with Gasteiger partial charge in [-0.2, -0.15) is 0 Å². The van der Waals surface area contributed by atoms with Crippen LogP contribution in [0.4, 0.5) is 0 Å². The molecule has 1 N–H and O–H groups in total. The van der Waals surface area contributed by atoms with Gasteiger partial charge in [-0.05, 0) is 23.3 Å². The van der Waals surface area contributed by atoms with Gasteiger partial charge < -0.3 is 10.2 Å². The number of halogens is 1. The van der Waals surface area contributed by atoms with Crippen LogP contribution in [0, 0.1) is 0 Å². The molecule has 0 heterocycles. The second-order valence-corrected chi connectivity index (χ2v) is 6.06. The number of hydrogen-bond acceptors (Lipinski definition) is 2. The normalized spacial score (nSPS) is 11.4. The predicted molar refractivity (Wildman–Crippen MR) is 100 cm³/mol. The molecule has 0 aliphatic carbocycles. The fraction of sp³-hybridized carbons (Fsp3) is 0.200. The molecule has 2 aromatic carbocycles. The minimum atomic E-state index is -0.714. The molecule has 0 unspecified atom stereocenters. The first-order chi connectivity index (χ1) is 12.0. The Balaban J connectivity index is 2.35. The van der Waals surface area contributed by atoms with Gasteiger partial charge in [-0.25, -0.2) is 0 Å². The molecule has 0 bridgehead atoms. The molecule has 5 heteroatoms. The fourth-order valence-corrected chi connectivity index (χ4v) is 2.67. The van der Waals surface area contributed by atoms with E-state index in [1.165, 1.54) is 6.92 Å². The van der Waals surface area contributed by atoms with Crippen molar-refractivity contribution in [1.82, 2.24) is 10.2 Å². The van der Waals surface area contributed by atoms with Crippen LogP contribution in [0.2, 0.25) is 5.02 Å². The van der Waals surface area contributed by atoms with Crippen LogP contribution < -0.4 is 5.32 Å². The van der Waals surface area contributed by atoms with E-state index in [2.05, 4.69) is 11.9 Å². The minimum Gasteiger partial charge on any atom is -0.351 e. The summed E-state index contributed by atoms with van der Waals surface area (Å²) in [6, 6.07) is 15.8. The van der Waals surface area contributed by atoms with Crippen molar-refractivity contribution in [3.8, 4) is 0 Å². The first-order valence-corrected chi connectivity index (χ1v) is 8.36. The summed E-state index contributed by atoms with van der Waals surface area (Å²) in [6.07, 6.45) is 1.61. The van der Waals surface area contributed by atoms with Gasteiger partial charge in [-0.15, -0.1) is 6.58 Å². The van der Waals surface area contributed by atoms with Crippen LogP contribution in [0.15, 0.2) is 67.3 Å². The van der Waals surface area contributed by atoms with E-state index < -0.39 is 6.04 Å². The first kappa shape index (κ1) is 18.7. The third kappa shape index (κ3) is 5.19. The highest BCUT2D eigenvalue weighted by Gasteiger charge is 2.29. The average Bonchev–Trinajstić information content (AvgIpc) is 2.62. The van der Waals surface area contributed by atoms with E-state index in [0.717, 1.165) is 11.1 Å². The zero-order valence-electron chi connectivity index (χ0n) is 14.1. The van der Waals surface area contributed by atoms with E-state index in [1.54, 1.807) is 23.1 Å². The van der Waals surface area contributed by atoms with Gasteiger partial charge in [0, 0.05) is 25.0 Å². The van der Waals surface area contributed by atoms with E-state index in [-0.39, 0.29) is 11.8 Å². The van der Waals surface area contributed by atoms with E-state index in [9.17, 15) is 9.59 Å². The van der Waals surface area contributed by atoms with Gasteiger partial charge >= 0.3 is 0 Å². The van der Waals surface area contributed by atoms with Crippen LogP contribution in [0.3, 0.4) is 0 Å². The largest absolute Gasteiger partial charge is 0.351 e. The van der Waals surface area contributed by atoms with E-state index in [1.807, 2.05) is 42.5 Å². The lowest BCUT2D eigenvalue weighted by Crippen LogP contribution is -2.42. The number of benzene rings is 2. The van der Waals surface area contributed by atoms with Crippen LogP contribution in [0.25, 0.3) is 0 Å². The smallest absolute Gasteiger partial charge is 0.247 e. The molecule has 2 aromatic rings. The van der Waals surface area contributed by atoms with Crippen molar-refractivity contribution in [2.45, 2.75) is 19.5 Å². The highest BCUT2D eigenvalue weighted by molar-refractivity contribution is 6.30. The summed E-state index contributed by atoms with van der Waals surface area (Å²) >= 11 is 5.92. The Morgan fingerprint density at radius 1 is 1.16 bits per heavy atom. The van der Waals surface area contributed by atoms with Crippen LogP contribution >= 0.6 is 11.6 Å². The Bertz CT molecular complexity index is 729. The number of hydrogen-bond donors (Lipinski definition) is 1. The highest BCUT2D eigenvalue weighted by atomic mass is 35.5. The maximum absolute atomic E-state index is 12.7. The summed E-state index contributed by atoms with van der Waals surface area (Å²) in [4.78, 5) is 26.6. The Morgan fingerprint density at radius 3 is 2.36 bits per heavy atom. The SMILES string of the molecule is C=CCNC(=O)[C@H](c1ccccc1)N(Cc1ccc(Cl)cc1)C(C)=O. The van der Waals surface area contributed by atoms with Crippen LogP contribution in [0.5, 0.6) is 0 Å². The average molecular weight is 357 g/mol. The molecular formula is C20H21ClN2O2. The topological polar surface area (TPSA) is 49.4 Å². The monoisotopic (exact) mass is 356 g/mol. The second kappa shape index (κ2) is 9.04. The van der Waals surface area contributed by atoms with Gasteiger partial charge in [0.2, 0.25) is 11.8 Å². The number of carbonyl (C=O) groups is 2. The highest BCUT2D eigenvalue weighted by Crippen LogP contribution is 2.24. The lowest BCUT2D eigenvalue weighted by molar-refractivity contribution is -0.139. The number of carbonyl (C=O) groups excluding carboxylic acids is 2. The molecule has 0 saturated carbocycles. The zero-order chi connectivity index (χ0) is 18.2. The standard InChI is InChI=1S/C20H21ClN2O2/c1-3-13-22-20(25)19(17-7-5-4-6-8-17)23(15(2)24)14-16-9-11-18(21)12-10-16/h3-12,19H,1,13-14H2,2H3,(H,22,25)/t19-/m0/s1. The first-order valence-electron chi connectivity index (χ1n) is 7.98.